The Kier molecular flexibility index (Phi) is 4.85. The molecular formula is C20H25N7. The van der Waals surface area contributed by atoms with E-state index in [0.717, 1.165) is 48.2 Å². The molecule has 27 heavy (non-hydrogen) atoms. The highest BCUT2D eigenvalue weighted by Crippen LogP contribution is 2.33. The van der Waals surface area contributed by atoms with Gasteiger partial charge in [-0.3, -0.25) is 9.58 Å². The van der Waals surface area contributed by atoms with Crippen molar-refractivity contribution in [2.45, 2.75) is 39.3 Å². The third kappa shape index (κ3) is 3.98. The van der Waals surface area contributed by atoms with Crippen LogP contribution in [0.4, 0.5) is 11.6 Å². The molecular weight excluding hydrogens is 338 g/mol. The lowest BCUT2D eigenvalue weighted by atomic mass is 10.1. The van der Waals surface area contributed by atoms with Gasteiger partial charge in [-0.2, -0.15) is 5.10 Å². The maximum atomic E-state index is 4.74. The summed E-state index contributed by atoms with van der Waals surface area (Å²) < 4.78 is 1.85. The molecule has 4 heterocycles. The fraction of sp³-hybridized carbons (Fsp3) is 0.400. The van der Waals surface area contributed by atoms with Crippen molar-refractivity contribution in [2.75, 3.05) is 11.9 Å². The lowest BCUT2D eigenvalue weighted by Crippen LogP contribution is -2.23. The molecule has 1 aliphatic rings. The van der Waals surface area contributed by atoms with Gasteiger partial charge in [-0.15, -0.1) is 0 Å². The molecule has 140 valence electrons. The van der Waals surface area contributed by atoms with E-state index in [4.69, 9.17) is 4.98 Å². The SMILES string of the molecule is Cc1nc(Nc2ncccc2C)cc(C2CCCN2Cc2cnn(C)c2)n1. The highest BCUT2D eigenvalue weighted by molar-refractivity contribution is 5.55. The van der Waals surface area contributed by atoms with E-state index in [2.05, 4.69) is 37.5 Å². The molecule has 0 amide bonds. The average Bonchev–Trinajstić information content (AvgIpc) is 3.26. The van der Waals surface area contributed by atoms with E-state index in [0.29, 0.717) is 6.04 Å². The van der Waals surface area contributed by atoms with Crippen LogP contribution in [0.15, 0.2) is 36.8 Å². The van der Waals surface area contributed by atoms with Gasteiger partial charge < -0.3 is 5.32 Å². The first-order chi connectivity index (χ1) is 13.1. The van der Waals surface area contributed by atoms with Crippen molar-refractivity contribution >= 4 is 11.6 Å². The van der Waals surface area contributed by atoms with E-state index >= 15 is 0 Å². The zero-order valence-electron chi connectivity index (χ0n) is 16.1. The quantitative estimate of drug-likeness (QED) is 0.750. The summed E-state index contributed by atoms with van der Waals surface area (Å²) in [6.07, 6.45) is 8.10. The van der Waals surface area contributed by atoms with Crippen LogP contribution in [0.5, 0.6) is 0 Å². The predicted molar refractivity (Wildman–Crippen MR) is 105 cm³/mol. The van der Waals surface area contributed by atoms with Gasteiger partial charge in [-0.25, -0.2) is 15.0 Å². The zero-order chi connectivity index (χ0) is 18.8. The van der Waals surface area contributed by atoms with Gasteiger partial charge in [0.2, 0.25) is 0 Å². The topological polar surface area (TPSA) is 71.8 Å². The minimum atomic E-state index is 0.303. The van der Waals surface area contributed by atoms with Crippen molar-refractivity contribution in [2.24, 2.45) is 7.05 Å². The van der Waals surface area contributed by atoms with Crippen LogP contribution in [0.2, 0.25) is 0 Å². The minimum absolute atomic E-state index is 0.303. The van der Waals surface area contributed by atoms with Gasteiger partial charge in [0.05, 0.1) is 17.9 Å². The second kappa shape index (κ2) is 7.44. The Hall–Kier alpha value is -2.80. The van der Waals surface area contributed by atoms with Crippen molar-refractivity contribution < 1.29 is 0 Å². The van der Waals surface area contributed by atoms with Crippen molar-refractivity contribution in [3.63, 3.8) is 0 Å². The van der Waals surface area contributed by atoms with Gasteiger partial charge in [0.1, 0.15) is 17.5 Å². The molecule has 0 radical (unpaired) electrons. The summed E-state index contributed by atoms with van der Waals surface area (Å²) in [6, 6.07) is 6.34. The van der Waals surface area contributed by atoms with Crippen LogP contribution in [-0.2, 0) is 13.6 Å². The fourth-order valence-corrected chi connectivity index (χ4v) is 3.70. The Bertz CT molecular complexity index is 934. The van der Waals surface area contributed by atoms with Crippen LogP contribution in [0.25, 0.3) is 0 Å². The minimum Gasteiger partial charge on any atom is -0.325 e. The molecule has 1 fully saturated rings. The average molecular weight is 363 g/mol. The van der Waals surface area contributed by atoms with Crippen molar-refractivity contribution in [1.82, 2.24) is 29.6 Å². The molecule has 0 aromatic carbocycles. The molecule has 0 saturated carbocycles. The van der Waals surface area contributed by atoms with Gasteiger partial charge >= 0.3 is 0 Å². The molecule has 7 nitrogen and oxygen atoms in total. The number of hydrogen-bond acceptors (Lipinski definition) is 6. The lowest BCUT2D eigenvalue weighted by molar-refractivity contribution is 0.244. The Balaban J connectivity index is 1.57. The number of likely N-dealkylation sites (tertiary alicyclic amines) is 1. The monoisotopic (exact) mass is 363 g/mol. The first kappa shape index (κ1) is 17.6. The Morgan fingerprint density at radius 1 is 1.26 bits per heavy atom. The third-order valence-corrected chi connectivity index (χ3v) is 4.96. The van der Waals surface area contributed by atoms with E-state index in [-0.39, 0.29) is 0 Å². The summed E-state index contributed by atoms with van der Waals surface area (Å²) >= 11 is 0. The predicted octanol–water partition coefficient (Wildman–Crippen LogP) is 3.30. The molecule has 7 heteroatoms. The van der Waals surface area contributed by atoms with Crippen molar-refractivity contribution in [1.29, 1.82) is 0 Å². The molecule has 1 atom stereocenters. The summed E-state index contributed by atoms with van der Waals surface area (Å²) in [6.45, 7) is 5.95. The molecule has 4 rings (SSSR count). The molecule has 0 aliphatic carbocycles. The summed E-state index contributed by atoms with van der Waals surface area (Å²) in [5.74, 6) is 2.41. The van der Waals surface area contributed by atoms with E-state index < -0.39 is 0 Å². The number of anilines is 2. The number of aryl methyl sites for hydroxylation is 3. The fourth-order valence-electron chi connectivity index (χ4n) is 3.70. The largest absolute Gasteiger partial charge is 0.325 e. The molecule has 3 aromatic rings. The Labute approximate surface area is 159 Å². The number of pyridine rings is 1. The number of rotatable bonds is 5. The number of hydrogen-bond donors (Lipinski definition) is 1. The third-order valence-electron chi connectivity index (χ3n) is 4.96. The number of nitrogens with one attached hydrogen (secondary N) is 1. The molecule has 1 aliphatic heterocycles. The van der Waals surface area contributed by atoms with Gasteiger partial charge in [0.15, 0.2) is 0 Å². The standard InChI is InChI=1S/C20H25N7/c1-14-6-4-8-21-20(14)25-19-10-17(23-15(2)24-19)18-7-5-9-27(18)13-16-11-22-26(3)12-16/h4,6,8,10-12,18H,5,7,9,13H2,1-3H3,(H,21,23,24,25). The van der Waals surface area contributed by atoms with Crippen LogP contribution >= 0.6 is 0 Å². The van der Waals surface area contributed by atoms with Crippen LogP contribution in [0, 0.1) is 13.8 Å². The molecule has 0 spiro atoms. The van der Waals surface area contributed by atoms with Crippen molar-refractivity contribution in [3.05, 3.63) is 59.4 Å². The molecule has 1 unspecified atom stereocenters. The smallest absolute Gasteiger partial charge is 0.135 e. The van der Waals surface area contributed by atoms with Gasteiger partial charge in [0, 0.05) is 37.6 Å². The highest BCUT2D eigenvalue weighted by Gasteiger charge is 2.28. The number of nitrogens with zero attached hydrogens (tertiary/aromatic N) is 6. The second-order valence-electron chi connectivity index (χ2n) is 7.17. The van der Waals surface area contributed by atoms with E-state index in [1.165, 1.54) is 12.0 Å². The second-order valence-corrected chi connectivity index (χ2v) is 7.17. The maximum Gasteiger partial charge on any atom is 0.135 e. The highest BCUT2D eigenvalue weighted by atomic mass is 15.3. The normalized spacial score (nSPS) is 17.4. The first-order valence-corrected chi connectivity index (χ1v) is 9.34. The maximum absolute atomic E-state index is 4.74. The summed E-state index contributed by atoms with van der Waals surface area (Å²) in [7, 11) is 1.95. The van der Waals surface area contributed by atoms with E-state index in [9.17, 15) is 0 Å². The van der Waals surface area contributed by atoms with Gasteiger partial charge in [-0.1, -0.05) is 6.07 Å². The van der Waals surface area contributed by atoms with E-state index in [1.807, 2.05) is 43.9 Å². The zero-order valence-corrected chi connectivity index (χ0v) is 16.1. The van der Waals surface area contributed by atoms with Gasteiger partial charge in [0.25, 0.3) is 0 Å². The first-order valence-electron chi connectivity index (χ1n) is 9.34. The molecule has 0 bridgehead atoms. The summed E-state index contributed by atoms with van der Waals surface area (Å²) in [5, 5.41) is 7.64. The molecule has 1 saturated heterocycles. The molecule has 1 N–H and O–H groups in total. The van der Waals surface area contributed by atoms with E-state index in [1.54, 1.807) is 6.20 Å². The summed E-state index contributed by atoms with van der Waals surface area (Å²) in [5.41, 5.74) is 3.40. The van der Waals surface area contributed by atoms with Gasteiger partial charge in [-0.05, 0) is 44.9 Å². The van der Waals surface area contributed by atoms with Crippen LogP contribution in [0.1, 0.15) is 41.5 Å². The molecule has 3 aromatic heterocycles. The van der Waals surface area contributed by atoms with Crippen LogP contribution < -0.4 is 5.32 Å². The Morgan fingerprint density at radius 3 is 2.93 bits per heavy atom. The lowest BCUT2D eigenvalue weighted by Gasteiger charge is -2.24. The summed E-state index contributed by atoms with van der Waals surface area (Å²) in [4.78, 5) is 16.2. The number of aromatic nitrogens is 5. The van der Waals surface area contributed by atoms with Crippen LogP contribution in [-0.4, -0.2) is 36.2 Å². The van der Waals surface area contributed by atoms with Crippen LogP contribution in [0.3, 0.4) is 0 Å². The van der Waals surface area contributed by atoms with Crippen molar-refractivity contribution in [3.8, 4) is 0 Å². The Morgan fingerprint density at radius 2 is 2.15 bits per heavy atom.